The van der Waals surface area contributed by atoms with Gasteiger partial charge in [0.25, 0.3) is 0 Å². The molecule has 0 radical (unpaired) electrons. The van der Waals surface area contributed by atoms with E-state index in [1.54, 1.807) is 11.0 Å². The summed E-state index contributed by atoms with van der Waals surface area (Å²) in [4.78, 5) is 25.2. The molecule has 0 spiro atoms. The van der Waals surface area contributed by atoms with Crippen LogP contribution in [0, 0.1) is 5.92 Å². The van der Waals surface area contributed by atoms with Crippen molar-refractivity contribution in [1.82, 2.24) is 10.2 Å². The molecule has 1 aliphatic heterocycles. The molecule has 1 heterocycles. The number of amides is 2. The molecule has 1 atom stereocenters. The van der Waals surface area contributed by atoms with Crippen LogP contribution in [0.4, 0.5) is 13.2 Å². The Morgan fingerprint density at radius 1 is 1.43 bits per heavy atom. The predicted molar refractivity (Wildman–Crippen MR) is 75.3 cm³/mol. The summed E-state index contributed by atoms with van der Waals surface area (Å²) in [5.74, 6) is -1.10. The van der Waals surface area contributed by atoms with Crippen molar-refractivity contribution in [3.63, 3.8) is 0 Å². The molecule has 1 aromatic rings. The molecule has 2 amide bonds. The first-order valence-corrected chi connectivity index (χ1v) is 7.18. The minimum absolute atomic E-state index is 0.0618. The molecule has 2 rings (SSSR count). The zero-order chi connectivity index (χ0) is 17.0. The first-order chi connectivity index (χ1) is 10.8. The lowest BCUT2D eigenvalue weighted by Gasteiger charge is -2.14. The number of nitrogens with one attached hydrogen (secondary N) is 1. The monoisotopic (exact) mass is 330 g/mol. The van der Waals surface area contributed by atoms with Gasteiger partial charge in [-0.05, 0) is 24.6 Å². The molecule has 126 valence electrons. The van der Waals surface area contributed by atoms with E-state index in [1.807, 2.05) is 6.92 Å². The summed E-state index contributed by atoms with van der Waals surface area (Å²) in [6, 6.07) is 5.40. The minimum atomic E-state index is -4.75. The number of rotatable bonds is 5. The quantitative estimate of drug-likeness (QED) is 0.899. The van der Waals surface area contributed by atoms with Gasteiger partial charge in [-0.2, -0.15) is 0 Å². The minimum Gasteiger partial charge on any atom is -0.406 e. The molecule has 23 heavy (non-hydrogen) atoms. The number of carbonyl (C=O) groups is 2. The van der Waals surface area contributed by atoms with Gasteiger partial charge in [0.15, 0.2) is 0 Å². The van der Waals surface area contributed by atoms with Gasteiger partial charge in [-0.3, -0.25) is 9.59 Å². The lowest BCUT2D eigenvalue weighted by Crippen LogP contribution is -2.32. The maximum atomic E-state index is 12.2. The second-order valence-corrected chi connectivity index (χ2v) is 5.25. The van der Waals surface area contributed by atoms with E-state index < -0.39 is 12.3 Å². The van der Waals surface area contributed by atoms with Crippen molar-refractivity contribution in [2.75, 3.05) is 13.1 Å². The highest BCUT2D eigenvalue weighted by Crippen LogP contribution is 2.23. The number of hydrogen-bond acceptors (Lipinski definition) is 3. The Hall–Kier alpha value is -2.25. The Labute approximate surface area is 131 Å². The average Bonchev–Trinajstić information content (AvgIpc) is 2.84. The lowest BCUT2D eigenvalue weighted by molar-refractivity contribution is -0.274. The molecule has 0 bridgehead atoms. The maximum Gasteiger partial charge on any atom is 0.573 e. The fourth-order valence-corrected chi connectivity index (χ4v) is 2.44. The molecular formula is C15H17F3N2O3. The number of carbonyl (C=O) groups excluding carboxylic acids is 2. The highest BCUT2D eigenvalue weighted by molar-refractivity contribution is 5.89. The van der Waals surface area contributed by atoms with Crippen LogP contribution < -0.4 is 10.1 Å². The third-order valence-corrected chi connectivity index (χ3v) is 3.57. The Morgan fingerprint density at radius 2 is 2.17 bits per heavy atom. The van der Waals surface area contributed by atoms with E-state index in [2.05, 4.69) is 10.1 Å². The Kier molecular flexibility index (Phi) is 5.12. The molecular weight excluding hydrogens is 313 g/mol. The summed E-state index contributed by atoms with van der Waals surface area (Å²) in [5, 5.41) is 2.64. The zero-order valence-electron chi connectivity index (χ0n) is 12.5. The summed E-state index contributed by atoms with van der Waals surface area (Å²) >= 11 is 0. The highest BCUT2D eigenvalue weighted by atomic mass is 19.4. The first-order valence-electron chi connectivity index (χ1n) is 7.18. The molecule has 1 aromatic carbocycles. The van der Waals surface area contributed by atoms with E-state index in [4.69, 9.17) is 0 Å². The molecule has 0 unspecified atom stereocenters. The van der Waals surface area contributed by atoms with Crippen LogP contribution in [0.15, 0.2) is 24.3 Å². The smallest absolute Gasteiger partial charge is 0.406 e. The van der Waals surface area contributed by atoms with Crippen LogP contribution in [-0.2, 0) is 16.1 Å². The molecule has 1 aliphatic rings. The number of hydrogen-bond donors (Lipinski definition) is 1. The van der Waals surface area contributed by atoms with E-state index in [0.717, 1.165) is 0 Å². The first kappa shape index (κ1) is 17.1. The molecule has 8 heteroatoms. The summed E-state index contributed by atoms with van der Waals surface area (Å²) in [5.41, 5.74) is 0.483. The standard InChI is InChI=1S/C15H17F3N2O3/c1-2-20-9-11(7-13(20)21)14(22)19-8-10-4-3-5-12(6-10)23-15(16,17)18/h3-6,11H,2,7-9H2,1H3,(H,19,22)/t11-/m1/s1. The zero-order valence-corrected chi connectivity index (χ0v) is 12.5. The van der Waals surface area contributed by atoms with E-state index >= 15 is 0 Å². The highest BCUT2D eigenvalue weighted by Gasteiger charge is 2.33. The molecule has 0 aliphatic carbocycles. The van der Waals surface area contributed by atoms with E-state index in [1.165, 1.54) is 18.2 Å². The number of ether oxygens (including phenoxy) is 1. The molecule has 0 saturated carbocycles. The summed E-state index contributed by atoms with van der Waals surface area (Å²) in [6.45, 7) is 2.84. The number of benzene rings is 1. The van der Waals surface area contributed by atoms with Crippen molar-refractivity contribution >= 4 is 11.8 Å². The van der Waals surface area contributed by atoms with Crippen molar-refractivity contribution in [2.24, 2.45) is 5.92 Å². The van der Waals surface area contributed by atoms with Gasteiger partial charge in [-0.25, -0.2) is 0 Å². The Bertz CT molecular complexity index is 590. The summed E-state index contributed by atoms with van der Waals surface area (Å²) in [7, 11) is 0. The molecule has 0 aromatic heterocycles. The predicted octanol–water partition coefficient (Wildman–Crippen LogP) is 2.07. The summed E-state index contributed by atoms with van der Waals surface area (Å²) < 4.78 is 40.3. The fraction of sp³-hybridized carbons (Fsp3) is 0.467. The van der Waals surface area contributed by atoms with Crippen molar-refractivity contribution in [3.05, 3.63) is 29.8 Å². The average molecular weight is 330 g/mol. The topological polar surface area (TPSA) is 58.6 Å². The number of likely N-dealkylation sites (tertiary alicyclic amines) is 1. The van der Waals surface area contributed by atoms with Crippen molar-refractivity contribution in [3.8, 4) is 5.75 Å². The van der Waals surface area contributed by atoms with Gasteiger partial charge in [0.2, 0.25) is 11.8 Å². The second kappa shape index (κ2) is 6.89. The Balaban J connectivity index is 1.90. The number of nitrogens with zero attached hydrogens (tertiary/aromatic N) is 1. The van der Waals surface area contributed by atoms with Crippen LogP contribution in [0.5, 0.6) is 5.75 Å². The van der Waals surface area contributed by atoms with Gasteiger partial charge in [-0.1, -0.05) is 12.1 Å². The van der Waals surface area contributed by atoms with Gasteiger partial charge in [0.1, 0.15) is 5.75 Å². The van der Waals surface area contributed by atoms with Crippen LogP contribution in [0.25, 0.3) is 0 Å². The number of halogens is 3. The molecule has 1 N–H and O–H groups in total. The fourth-order valence-electron chi connectivity index (χ4n) is 2.44. The third kappa shape index (κ3) is 4.87. The van der Waals surface area contributed by atoms with Crippen LogP contribution in [-0.4, -0.2) is 36.2 Å². The number of alkyl halides is 3. The SMILES string of the molecule is CCN1C[C@H](C(=O)NCc2cccc(OC(F)(F)F)c2)CC1=O. The lowest BCUT2D eigenvalue weighted by atomic mass is 10.1. The van der Waals surface area contributed by atoms with E-state index in [9.17, 15) is 22.8 Å². The van der Waals surface area contributed by atoms with Gasteiger partial charge in [0.05, 0.1) is 5.92 Å². The normalized spacial score (nSPS) is 18.2. The molecule has 1 saturated heterocycles. The van der Waals surface area contributed by atoms with Gasteiger partial charge in [-0.15, -0.1) is 13.2 Å². The van der Waals surface area contributed by atoms with E-state index in [-0.39, 0.29) is 30.5 Å². The second-order valence-electron chi connectivity index (χ2n) is 5.25. The van der Waals surface area contributed by atoms with Gasteiger partial charge >= 0.3 is 6.36 Å². The van der Waals surface area contributed by atoms with Crippen molar-refractivity contribution in [2.45, 2.75) is 26.3 Å². The largest absolute Gasteiger partial charge is 0.573 e. The van der Waals surface area contributed by atoms with Crippen LogP contribution in [0.2, 0.25) is 0 Å². The van der Waals surface area contributed by atoms with Crippen LogP contribution in [0.3, 0.4) is 0 Å². The van der Waals surface area contributed by atoms with Gasteiger partial charge < -0.3 is 15.0 Å². The van der Waals surface area contributed by atoms with Crippen molar-refractivity contribution < 1.29 is 27.5 Å². The van der Waals surface area contributed by atoms with E-state index in [0.29, 0.717) is 18.7 Å². The van der Waals surface area contributed by atoms with Crippen LogP contribution >= 0.6 is 0 Å². The Morgan fingerprint density at radius 3 is 2.78 bits per heavy atom. The van der Waals surface area contributed by atoms with Gasteiger partial charge in [0, 0.05) is 26.1 Å². The maximum absolute atomic E-state index is 12.2. The van der Waals surface area contributed by atoms with Crippen molar-refractivity contribution in [1.29, 1.82) is 0 Å². The third-order valence-electron chi connectivity index (χ3n) is 3.57. The molecule has 5 nitrogen and oxygen atoms in total. The summed E-state index contributed by atoms with van der Waals surface area (Å²) in [6.07, 6.45) is -4.59. The van der Waals surface area contributed by atoms with Crippen LogP contribution in [0.1, 0.15) is 18.9 Å². The molecule has 1 fully saturated rings.